The molecule has 0 N–H and O–H groups in total. The van der Waals surface area contributed by atoms with Gasteiger partial charge in [0.25, 0.3) is 0 Å². The lowest BCUT2D eigenvalue weighted by atomic mass is 9.91. The predicted octanol–water partition coefficient (Wildman–Crippen LogP) is 4.88. The molecule has 110 valence electrons. The molecule has 19 heavy (non-hydrogen) atoms. The van der Waals surface area contributed by atoms with E-state index in [1.165, 1.54) is 52.1 Å². The monoisotopic (exact) mass is 266 g/mol. The summed E-state index contributed by atoms with van der Waals surface area (Å²) in [6.45, 7) is 2.22. The van der Waals surface area contributed by atoms with Gasteiger partial charge in [-0.1, -0.05) is 57.6 Å². The first-order valence-electron chi connectivity index (χ1n) is 8.00. The highest BCUT2D eigenvalue weighted by molar-refractivity contribution is 5.72. The average molecular weight is 266 g/mol. The summed E-state index contributed by atoms with van der Waals surface area (Å²) in [6.07, 6.45) is 16.5. The Bertz CT molecular complexity index is 264. The van der Waals surface area contributed by atoms with E-state index < -0.39 is 0 Å². The van der Waals surface area contributed by atoms with Crippen molar-refractivity contribution in [1.29, 1.82) is 0 Å². The summed E-state index contributed by atoms with van der Waals surface area (Å²) in [7, 11) is 1.51. The first-order chi connectivity index (χ1) is 9.27. The lowest BCUT2D eigenvalue weighted by Crippen LogP contribution is -2.18. The number of rotatable bonds is 9. The highest BCUT2D eigenvalue weighted by Crippen LogP contribution is 2.31. The third-order valence-electron chi connectivity index (χ3n) is 4.19. The minimum Gasteiger partial charge on any atom is -0.469 e. The Morgan fingerprint density at radius 2 is 2.00 bits per heavy atom. The molecule has 2 heteroatoms. The lowest BCUT2D eigenvalue weighted by Gasteiger charge is -2.16. The van der Waals surface area contributed by atoms with Crippen LogP contribution in [0.5, 0.6) is 0 Å². The van der Waals surface area contributed by atoms with E-state index in [2.05, 4.69) is 19.1 Å². The Balaban J connectivity index is 2.30. The van der Waals surface area contributed by atoms with Crippen LogP contribution in [0.4, 0.5) is 0 Å². The maximum atomic E-state index is 11.8. The predicted molar refractivity (Wildman–Crippen MR) is 80.0 cm³/mol. The average Bonchev–Trinajstić information content (AvgIpc) is 2.93. The highest BCUT2D eigenvalue weighted by atomic mass is 16.5. The van der Waals surface area contributed by atoms with Crippen molar-refractivity contribution in [2.75, 3.05) is 7.11 Å². The minimum absolute atomic E-state index is 0.0230. The van der Waals surface area contributed by atoms with Crippen LogP contribution in [-0.2, 0) is 9.53 Å². The number of ether oxygens (including phenoxy) is 1. The summed E-state index contributed by atoms with van der Waals surface area (Å²) >= 11 is 0. The van der Waals surface area contributed by atoms with Gasteiger partial charge in [-0.25, -0.2) is 0 Å². The summed E-state index contributed by atoms with van der Waals surface area (Å²) in [5.74, 6) is 0.804. The van der Waals surface area contributed by atoms with Gasteiger partial charge in [0, 0.05) is 0 Å². The van der Waals surface area contributed by atoms with Gasteiger partial charge in [-0.3, -0.25) is 4.79 Å². The molecule has 0 aliphatic heterocycles. The van der Waals surface area contributed by atoms with Crippen LogP contribution in [-0.4, -0.2) is 13.1 Å². The number of allylic oxidation sites excluding steroid dienone is 2. The molecule has 0 aromatic heterocycles. The third kappa shape index (κ3) is 6.79. The van der Waals surface area contributed by atoms with Gasteiger partial charge in [0.1, 0.15) is 0 Å². The van der Waals surface area contributed by atoms with Gasteiger partial charge >= 0.3 is 5.97 Å². The zero-order valence-electron chi connectivity index (χ0n) is 12.7. The molecule has 0 aromatic rings. The molecule has 0 spiro atoms. The van der Waals surface area contributed by atoms with Crippen LogP contribution >= 0.6 is 0 Å². The molecule has 0 radical (unpaired) electrons. The van der Waals surface area contributed by atoms with Crippen LogP contribution in [0.2, 0.25) is 0 Å². The van der Waals surface area contributed by atoms with Gasteiger partial charge in [-0.05, 0) is 31.6 Å². The molecular formula is C17H30O2. The Morgan fingerprint density at radius 3 is 2.63 bits per heavy atom. The largest absolute Gasteiger partial charge is 0.469 e. The van der Waals surface area contributed by atoms with E-state index in [4.69, 9.17) is 4.74 Å². The zero-order valence-corrected chi connectivity index (χ0v) is 12.7. The molecule has 0 bridgehead atoms. The first-order valence-corrected chi connectivity index (χ1v) is 8.00. The molecule has 0 heterocycles. The van der Waals surface area contributed by atoms with Crippen LogP contribution in [0.1, 0.15) is 71.1 Å². The maximum Gasteiger partial charge on any atom is 0.308 e. The minimum atomic E-state index is -0.0230. The van der Waals surface area contributed by atoms with Gasteiger partial charge in [-0.15, -0.1) is 0 Å². The number of unbranched alkanes of at least 4 members (excludes halogenated alkanes) is 3. The maximum absolute atomic E-state index is 11.8. The van der Waals surface area contributed by atoms with Gasteiger partial charge in [0.2, 0.25) is 0 Å². The molecule has 0 aromatic carbocycles. The van der Waals surface area contributed by atoms with Crippen molar-refractivity contribution < 1.29 is 9.53 Å². The fourth-order valence-electron chi connectivity index (χ4n) is 2.99. The van der Waals surface area contributed by atoms with Crippen LogP contribution in [0, 0.1) is 11.8 Å². The van der Waals surface area contributed by atoms with E-state index in [-0.39, 0.29) is 11.9 Å². The Kier molecular flexibility index (Phi) is 8.61. The Morgan fingerprint density at radius 1 is 1.26 bits per heavy atom. The highest BCUT2D eigenvalue weighted by Gasteiger charge is 2.24. The smallest absolute Gasteiger partial charge is 0.308 e. The summed E-state index contributed by atoms with van der Waals surface area (Å²) in [5.41, 5.74) is 0. The van der Waals surface area contributed by atoms with Crippen molar-refractivity contribution in [1.82, 2.24) is 0 Å². The molecule has 1 aliphatic rings. The standard InChI is InChI=1S/C17H30O2/c1-3-4-5-6-7-8-13-16(17(18)19-2)14-15-11-9-10-12-15/h7-8,15-16H,3-6,9-14H2,1-2H3/b8-7+. The normalized spacial score (nSPS) is 18.0. The lowest BCUT2D eigenvalue weighted by molar-refractivity contribution is -0.145. The molecular weight excluding hydrogens is 236 g/mol. The number of hydrogen-bond acceptors (Lipinski definition) is 2. The molecule has 1 atom stereocenters. The molecule has 1 aliphatic carbocycles. The van der Waals surface area contributed by atoms with E-state index in [0.717, 1.165) is 25.2 Å². The second-order valence-corrected chi connectivity index (χ2v) is 5.81. The van der Waals surface area contributed by atoms with Crippen LogP contribution < -0.4 is 0 Å². The van der Waals surface area contributed by atoms with Crippen LogP contribution in [0.25, 0.3) is 0 Å². The molecule has 2 nitrogen and oxygen atoms in total. The second-order valence-electron chi connectivity index (χ2n) is 5.81. The molecule has 1 fully saturated rings. The fraction of sp³-hybridized carbons (Fsp3) is 0.824. The molecule has 0 saturated heterocycles. The van der Waals surface area contributed by atoms with E-state index in [9.17, 15) is 4.79 Å². The van der Waals surface area contributed by atoms with Gasteiger partial charge in [0.05, 0.1) is 13.0 Å². The van der Waals surface area contributed by atoms with Gasteiger partial charge in [0.15, 0.2) is 0 Å². The van der Waals surface area contributed by atoms with Crippen molar-refractivity contribution in [2.24, 2.45) is 11.8 Å². The van der Waals surface area contributed by atoms with Crippen molar-refractivity contribution >= 4 is 5.97 Å². The first kappa shape index (κ1) is 16.3. The number of hydrogen-bond donors (Lipinski definition) is 0. The summed E-state index contributed by atoms with van der Waals surface area (Å²) in [5, 5.41) is 0. The van der Waals surface area contributed by atoms with E-state index in [0.29, 0.717) is 0 Å². The molecule has 1 rings (SSSR count). The second kappa shape index (κ2) is 10.1. The van der Waals surface area contributed by atoms with E-state index in [1.54, 1.807) is 0 Å². The van der Waals surface area contributed by atoms with Crippen LogP contribution in [0.3, 0.4) is 0 Å². The van der Waals surface area contributed by atoms with Crippen molar-refractivity contribution in [3.63, 3.8) is 0 Å². The SMILES string of the molecule is CCCCC/C=C/CC(CC1CCCC1)C(=O)OC. The molecule has 0 amide bonds. The van der Waals surface area contributed by atoms with Gasteiger partial charge in [-0.2, -0.15) is 0 Å². The summed E-state index contributed by atoms with van der Waals surface area (Å²) in [6, 6.07) is 0. The zero-order chi connectivity index (χ0) is 13.9. The molecule has 1 unspecified atom stereocenters. The fourth-order valence-corrected chi connectivity index (χ4v) is 2.99. The third-order valence-corrected chi connectivity index (χ3v) is 4.19. The Labute approximate surface area is 118 Å². The van der Waals surface area contributed by atoms with E-state index >= 15 is 0 Å². The van der Waals surface area contributed by atoms with Gasteiger partial charge < -0.3 is 4.74 Å². The van der Waals surface area contributed by atoms with Crippen molar-refractivity contribution in [2.45, 2.75) is 71.1 Å². The van der Waals surface area contributed by atoms with E-state index in [1.807, 2.05) is 0 Å². The topological polar surface area (TPSA) is 26.3 Å². The van der Waals surface area contributed by atoms with Crippen LogP contribution in [0.15, 0.2) is 12.2 Å². The number of carbonyl (C=O) groups is 1. The quantitative estimate of drug-likeness (QED) is 0.338. The summed E-state index contributed by atoms with van der Waals surface area (Å²) < 4.78 is 4.95. The van der Waals surface area contributed by atoms with Crippen molar-refractivity contribution in [3.05, 3.63) is 12.2 Å². The number of esters is 1. The van der Waals surface area contributed by atoms with Crippen molar-refractivity contribution in [3.8, 4) is 0 Å². The molecule has 1 saturated carbocycles. The summed E-state index contributed by atoms with van der Waals surface area (Å²) in [4.78, 5) is 11.8. The number of methoxy groups -OCH3 is 1. The number of carbonyl (C=O) groups excluding carboxylic acids is 1. The Hall–Kier alpha value is -0.790.